The van der Waals surface area contributed by atoms with Crippen molar-refractivity contribution < 1.29 is 9.59 Å². The molecule has 10 bridgehead atoms. The summed E-state index contributed by atoms with van der Waals surface area (Å²) in [5, 5.41) is 0. The third kappa shape index (κ3) is 4.75. The number of nitrogens with zero attached hydrogens (tertiary/aromatic N) is 2. The molecule has 1 saturated carbocycles. The van der Waals surface area contributed by atoms with Gasteiger partial charge in [0.2, 0.25) is 11.6 Å². The van der Waals surface area contributed by atoms with Crippen molar-refractivity contribution in [2.24, 2.45) is 11.8 Å². The maximum Gasteiger partial charge on any atom is 0.206 e. The Morgan fingerprint density at radius 3 is 1.78 bits per heavy atom. The summed E-state index contributed by atoms with van der Waals surface area (Å²) in [7, 11) is 0. The normalized spacial score (nSPS) is 19.1. The van der Waals surface area contributed by atoms with Gasteiger partial charge in [-0.2, -0.15) is 0 Å². The highest BCUT2D eigenvalue weighted by molar-refractivity contribution is 6.46. The number of aryl methyl sites for hydroxylation is 4. The predicted molar refractivity (Wildman–Crippen MR) is 188 cm³/mol. The van der Waals surface area contributed by atoms with Crippen LogP contribution in [0.15, 0.2) is 24.3 Å². The van der Waals surface area contributed by atoms with Crippen LogP contribution in [0.1, 0.15) is 125 Å². The van der Waals surface area contributed by atoms with Crippen LogP contribution in [0.25, 0.3) is 44.4 Å². The lowest BCUT2D eigenvalue weighted by atomic mass is 9.65. The Balaban J connectivity index is 1.62. The first-order valence-corrected chi connectivity index (χ1v) is 17.6. The van der Waals surface area contributed by atoms with E-state index in [2.05, 4.69) is 75.8 Å². The molecule has 5 aliphatic rings. The molecule has 5 heterocycles. The van der Waals surface area contributed by atoms with E-state index in [1.54, 1.807) is 0 Å². The molecule has 3 aromatic heterocycles. The average Bonchev–Trinajstić information content (AvgIpc) is 3.75. The van der Waals surface area contributed by atoms with Crippen molar-refractivity contribution >= 4 is 55.9 Å². The first-order valence-electron chi connectivity index (χ1n) is 17.6. The largest absolute Gasteiger partial charge is 0.355 e. The van der Waals surface area contributed by atoms with E-state index >= 15 is 0 Å². The van der Waals surface area contributed by atoms with E-state index < -0.39 is 11.8 Å². The molecule has 6 heteroatoms. The third-order valence-electron chi connectivity index (χ3n) is 10.9. The molecule has 8 rings (SSSR count). The van der Waals surface area contributed by atoms with Crippen LogP contribution in [-0.2, 0) is 28.9 Å². The highest BCUT2D eigenvalue weighted by Crippen LogP contribution is 2.52. The average molecular weight is 615 g/mol. The van der Waals surface area contributed by atoms with Gasteiger partial charge in [0.15, 0.2) is 0 Å². The van der Waals surface area contributed by atoms with Crippen molar-refractivity contribution in [3.63, 3.8) is 0 Å². The van der Waals surface area contributed by atoms with Crippen LogP contribution >= 0.6 is 0 Å². The Hall–Kier alpha value is -4.06. The number of aromatic amines is 2. The second-order valence-electron chi connectivity index (χ2n) is 13.6. The van der Waals surface area contributed by atoms with E-state index in [4.69, 9.17) is 9.97 Å². The molecule has 6 nitrogen and oxygen atoms in total. The number of carbonyl (C=O) groups excluding carboxylic acids is 2. The lowest BCUT2D eigenvalue weighted by molar-refractivity contribution is -0.141. The monoisotopic (exact) mass is 614 g/mol. The Labute approximate surface area is 271 Å². The molecule has 3 aromatic rings. The van der Waals surface area contributed by atoms with Crippen molar-refractivity contribution in [1.29, 1.82) is 0 Å². The lowest BCUT2D eigenvalue weighted by Crippen LogP contribution is -2.41. The van der Waals surface area contributed by atoms with Crippen molar-refractivity contribution in [1.82, 2.24) is 19.9 Å². The molecule has 0 amide bonds. The number of nitrogens with one attached hydrogen (secondary N) is 2. The van der Waals surface area contributed by atoms with E-state index in [9.17, 15) is 9.59 Å². The Bertz CT molecular complexity index is 2020. The Morgan fingerprint density at radius 1 is 0.630 bits per heavy atom. The summed E-state index contributed by atoms with van der Waals surface area (Å²) in [5.41, 5.74) is 17.6. The molecule has 2 unspecified atom stereocenters. The maximum absolute atomic E-state index is 13.2. The second kappa shape index (κ2) is 11.9. The summed E-state index contributed by atoms with van der Waals surface area (Å²) < 4.78 is 0. The topological polar surface area (TPSA) is 91.5 Å². The number of carbonyl (C=O) groups is 2. The molecule has 3 aliphatic carbocycles. The summed E-state index contributed by atoms with van der Waals surface area (Å²) >= 11 is 0. The summed E-state index contributed by atoms with van der Waals surface area (Å²) in [4.78, 5) is 44.6. The van der Waals surface area contributed by atoms with Crippen LogP contribution in [0, 0.1) is 18.8 Å². The van der Waals surface area contributed by atoms with Crippen molar-refractivity contribution in [3.8, 4) is 0 Å². The number of fused-ring (bicyclic) bond motifs is 10. The van der Waals surface area contributed by atoms with Gasteiger partial charge in [0.05, 0.1) is 34.6 Å². The fourth-order valence-corrected chi connectivity index (χ4v) is 8.37. The summed E-state index contributed by atoms with van der Waals surface area (Å²) in [6.45, 7) is 13.3. The molecule has 0 spiro atoms. The smallest absolute Gasteiger partial charge is 0.206 e. The fourth-order valence-electron chi connectivity index (χ4n) is 8.37. The van der Waals surface area contributed by atoms with Gasteiger partial charge in [-0.25, -0.2) is 9.97 Å². The number of ketones is 2. The molecule has 1 fully saturated rings. The minimum Gasteiger partial charge on any atom is -0.355 e. The van der Waals surface area contributed by atoms with Crippen LogP contribution in [-0.4, -0.2) is 31.5 Å². The number of aromatic nitrogens is 4. The Kier molecular flexibility index (Phi) is 7.94. The molecular formula is C40H46N4O2. The highest BCUT2D eigenvalue weighted by atomic mass is 16.2. The van der Waals surface area contributed by atoms with E-state index in [-0.39, 0.29) is 11.6 Å². The van der Waals surface area contributed by atoms with Gasteiger partial charge in [-0.1, -0.05) is 40.5 Å². The number of unbranched alkanes of at least 4 members (excludes halogenated alkanes) is 2. The van der Waals surface area contributed by atoms with E-state index in [0.717, 1.165) is 107 Å². The number of H-pyrrole nitrogens is 2. The van der Waals surface area contributed by atoms with Crippen LogP contribution in [0.4, 0.5) is 0 Å². The third-order valence-corrected chi connectivity index (χ3v) is 10.9. The zero-order chi connectivity index (χ0) is 32.3. The zero-order valence-electron chi connectivity index (χ0n) is 28.2. The minimum absolute atomic E-state index is 0.244. The number of rotatable bonds is 8. The molecule has 0 radical (unpaired) electrons. The second-order valence-corrected chi connectivity index (χ2v) is 13.6. The van der Waals surface area contributed by atoms with Gasteiger partial charge < -0.3 is 9.97 Å². The van der Waals surface area contributed by atoms with Crippen molar-refractivity contribution in [2.75, 3.05) is 0 Å². The van der Waals surface area contributed by atoms with Crippen LogP contribution in [0.5, 0.6) is 0 Å². The molecule has 0 saturated heterocycles. The summed E-state index contributed by atoms with van der Waals surface area (Å²) in [6.07, 6.45) is 9.68. The number of hydrogen-bond donors (Lipinski definition) is 2. The quantitative estimate of drug-likeness (QED) is 0.247. The van der Waals surface area contributed by atoms with Gasteiger partial charge in [0.1, 0.15) is 0 Å². The lowest BCUT2D eigenvalue weighted by Gasteiger charge is -2.34. The fraction of sp³-hybridized carbons (Fsp3) is 0.450. The zero-order valence-corrected chi connectivity index (χ0v) is 28.2. The molecule has 46 heavy (non-hydrogen) atoms. The van der Waals surface area contributed by atoms with E-state index in [1.165, 1.54) is 33.4 Å². The molecular weight excluding hydrogens is 568 g/mol. The molecule has 2 N–H and O–H groups in total. The number of hydrogen-bond acceptors (Lipinski definition) is 4. The number of Topliss-reactive ketones (excluding diaryl/α,β-unsaturated/α-hetero) is 2. The van der Waals surface area contributed by atoms with Gasteiger partial charge in [-0.15, -0.1) is 0 Å². The van der Waals surface area contributed by atoms with Crippen LogP contribution in [0.2, 0.25) is 0 Å². The molecule has 238 valence electrons. The van der Waals surface area contributed by atoms with Gasteiger partial charge in [-0.05, 0) is 134 Å². The summed E-state index contributed by atoms with van der Waals surface area (Å²) in [6, 6.07) is 8.80. The molecule has 2 atom stereocenters. The standard InChI is InChI=1S/C40H46N4O2/c1-7-11-13-25-21(5)29-17-35-37-27-15-16-28(40(46)39(27)45)38(37)36(44-35)18-30-22(6)26(14-12-8-2)34(42-30)20-32-24(10-4)23(9-3)31(43-32)19-33(25)41-29/h17-20,27-28,41,43H,7-16H2,1-6H3. The predicted octanol–water partition coefficient (Wildman–Crippen LogP) is 9.30. The van der Waals surface area contributed by atoms with Crippen molar-refractivity contribution in [3.05, 3.63) is 69.3 Å². The van der Waals surface area contributed by atoms with E-state index in [1.807, 2.05) is 0 Å². The van der Waals surface area contributed by atoms with Crippen LogP contribution < -0.4 is 0 Å². The molecule has 2 aliphatic heterocycles. The first kappa shape index (κ1) is 30.6. The van der Waals surface area contributed by atoms with Crippen LogP contribution in [0.3, 0.4) is 0 Å². The summed E-state index contributed by atoms with van der Waals surface area (Å²) in [5.74, 6) is -1.32. The van der Waals surface area contributed by atoms with Gasteiger partial charge in [0, 0.05) is 22.1 Å². The van der Waals surface area contributed by atoms with E-state index in [0.29, 0.717) is 12.8 Å². The van der Waals surface area contributed by atoms with Gasteiger partial charge >= 0.3 is 0 Å². The highest BCUT2D eigenvalue weighted by Gasteiger charge is 2.50. The van der Waals surface area contributed by atoms with Crippen molar-refractivity contribution in [2.45, 2.75) is 106 Å². The first-order chi connectivity index (χ1) is 22.3. The number of allylic oxidation sites excluding steroid dienone is 4. The van der Waals surface area contributed by atoms with Gasteiger partial charge in [0.25, 0.3) is 0 Å². The van der Waals surface area contributed by atoms with Gasteiger partial charge in [-0.3, -0.25) is 9.59 Å². The SMILES string of the molecule is CCCCC1=C(C)c2cc3nc(cc4[nH]c(cc5[nH]c(cc1n2)c(CC)c5CC)c(CCCC)c4C)C1=C3C2CCC1C(=O)C2=O. The maximum atomic E-state index is 13.2. The Morgan fingerprint density at radius 2 is 1.15 bits per heavy atom. The molecule has 0 aromatic carbocycles. The minimum atomic E-state index is -0.415.